The predicted octanol–water partition coefficient (Wildman–Crippen LogP) is 0.884. The van der Waals surface area contributed by atoms with Crippen LogP contribution in [0.25, 0.3) is 11.0 Å². The molecular weight excluding hydrogens is 272 g/mol. The lowest BCUT2D eigenvalue weighted by Gasteiger charge is -2.04. The summed E-state index contributed by atoms with van der Waals surface area (Å²) in [6, 6.07) is 8.58. The first-order chi connectivity index (χ1) is 10.2. The van der Waals surface area contributed by atoms with Crippen molar-refractivity contribution >= 4 is 16.9 Å². The molecule has 0 spiro atoms. The highest BCUT2D eigenvalue weighted by Crippen LogP contribution is 2.12. The molecule has 0 bridgehead atoms. The third kappa shape index (κ3) is 2.81. The van der Waals surface area contributed by atoms with E-state index in [1.165, 1.54) is 12.4 Å². The smallest absolute Gasteiger partial charge is 0.349 e. The van der Waals surface area contributed by atoms with Crippen LogP contribution >= 0.6 is 0 Å². The Balaban J connectivity index is 1.75. The lowest BCUT2D eigenvalue weighted by molar-refractivity contribution is 0.0950. The fourth-order valence-electron chi connectivity index (χ4n) is 1.96. The monoisotopic (exact) mass is 284 g/mol. The van der Waals surface area contributed by atoms with Gasteiger partial charge in [-0.1, -0.05) is 18.2 Å². The van der Waals surface area contributed by atoms with Gasteiger partial charge in [0.15, 0.2) is 0 Å². The molecule has 7 heteroatoms. The number of fused-ring (bicyclic) bond motifs is 1. The van der Waals surface area contributed by atoms with Gasteiger partial charge < -0.3 is 9.73 Å². The third-order valence-corrected chi connectivity index (χ3v) is 3.00. The molecule has 0 saturated carbocycles. The number of aromatic nitrogens is 3. The van der Waals surface area contributed by atoms with Crippen molar-refractivity contribution in [2.75, 3.05) is 6.54 Å². The van der Waals surface area contributed by atoms with Gasteiger partial charge >= 0.3 is 5.63 Å². The molecular formula is C14H12N4O3. The number of H-pyrrole nitrogens is 1. The molecule has 7 nitrogen and oxygen atoms in total. The highest BCUT2D eigenvalue weighted by Gasteiger charge is 2.13. The number of aromatic amines is 1. The highest BCUT2D eigenvalue weighted by molar-refractivity contribution is 5.96. The van der Waals surface area contributed by atoms with Gasteiger partial charge in [-0.2, -0.15) is 5.10 Å². The summed E-state index contributed by atoms with van der Waals surface area (Å²) < 4.78 is 5.12. The minimum atomic E-state index is -0.647. The average molecular weight is 284 g/mol. The molecule has 3 rings (SSSR count). The second-order valence-electron chi connectivity index (χ2n) is 4.42. The molecule has 0 aliphatic heterocycles. The van der Waals surface area contributed by atoms with E-state index in [2.05, 4.69) is 20.5 Å². The minimum Gasteiger partial charge on any atom is -0.422 e. The molecule has 2 aromatic heterocycles. The van der Waals surface area contributed by atoms with Crippen LogP contribution in [-0.4, -0.2) is 27.6 Å². The number of carbonyl (C=O) groups is 1. The quantitative estimate of drug-likeness (QED) is 0.693. The van der Waals surface area contributed by atoms with Crippen LogP contribution in [0.3, 0.4) is 0 Å². The van der Waals surface area contributed by atoms with Gasteiger partial charge in [-0.05, 0) is 12.1 Å². The van der Waals surface area contributed by atoms with Crippen molar-refractivity contribution in [1.29, 1.82) is 0 Å². The van der Waals surface area contributed by atoms with E-state index in [9.17, 15) is 9.59 Å². The second kappa shape index (κ2) is 5.58. The van der Waals surface area contributed by atoms with Crippen LogP contribution in [0.1, 0.15) is 16.2 Å². The molecule has 1 aromatic carbocycles. The van der Waals surface area contributed by atoms with Crippen molar-refractivity contribution < 1.29 is 9.21 Å². The molecule has 2 heterocycles. The van der Waals surface area contributed by atoms with E-state index < -0.39 is 11.5 Å². The van der Waals surface area contributed by atoms with Crippen LogP contribution in [-0.2, 0) is 6.42 Å². The standard InChI is InChI=1S/C14H12N4O3/c19-13(15-6-5-12-16-8-17-18-12)10-7-9-3-1-2-4-11(9)21-14(10)20/h1-4,7-8H,5-6H2,(H,15,19)(H,16,17,18). The molecule has 0 atom stereocenters. The Hall–Kier alpha value is -2.96. The zero-order chi connectivity index (χ0) is 14.7. The van der Waals surface area contributed by atoms with Crippen LogP contribution in [0.4, 0.5) is 0 Å². The summed E-state index contributed by atoms with van der Waals surface area (Å²) in [6.07, 6.45) is 1.90. The number of carbonyl (C=O) groups excluding carboxylic acids is 1. The number of hydrogen-bond donors (Lipinski definition) is 2. The fraction of sp³-hybridized carbons (Fsp3) is 0.143. The summed E-state index contributed by atoms with van der Waals surface area (Å²) in [5.41, 5.74) is -0.196. The van der Waals surface area contributed by atoms with Gasteiger partial charge in [0.05, 0.1) is 0 Å². The zero-order valence-electron chi connectivity index (χ0n) is 11.0. The number of para-hydroxylation sites is 1. The molecule has 3 aromatic rings. The van der Waals surface area contributed by atoms with Crippen LogP contribution in [0, 0.1) is 0 Å². The zero-order valence-corrected chi connectivity index (χ0v) is 11.0. The van der Waals surface area contributed by atoms with E-state index in [1.807, 2.05) is 6.07 Å². The highest BCUT2D eigenvalue weighted by atomic mass is 16.4. The molecule has 0 aliphatic carbocycles. The maximum Gasteiger partial charge on any atom is 0.349 e. The average Bonchev–Trinajstić information content (AvgIpc) is 2.99. The molecule has 0 radical (unpaired) electrons. The summed E-state index contributed by atoms with van der Waals surface area (Å²) in [5, 5.41) is 9.77. The van der Waals surface area contributed by atoms with Gasteiger partial charge in [-0.25, -0.2) is 9.78 Å². The molecule has 0 fully saturated rings. The van der Waals surface area contributed by atoms with E-state index in [0.29, 0.717) is 29.8 Å². The van der Waals surface area contributed by atoms with Gasteiger partial charge in [0.2, 0.25) is 0 Å². The van der Waals surface area contributed by atoms with Gasteiger partial charge in [-0.15, -0.1) is 0 Å². The normalized spacial score (nSPS) is 10.7. The fourth-order valence-corrected chi connectivity index (χ4v) is 1.96. The minimum absolute atomic E-state index is 0.00808. The van der Waals surface area contributed by atoms with Crippen molar-refractivity contribution in [3.8, 4) is 0 Å². The van der Waals surface area contributed by atoms with E-state index in [1.54, 1.807) is 18.2 Å². The van der Waals surface area contributed by atoms with Gasteiger partial charge in [0.1, 0.15) is 23.3 Å². The number of rotatable bonds is 4. The Bertz CT molecular complexity index is 824. The first-order valence-corrected chi connectivity index (χ1v) is 6.39. The molecule has 0 unspecified atom stereocenters. The topological polar surface area (TPSA) is 101 Å². The molecule has 21 heavy (non-hydrogen) atoms. The van der Waals surface area contributed by atoms with E-state index >= 15 is 0 Å². The van der Waals surface area contributed by atoms with Crippen LogP contribution < -0.4 is 10.9 Å². The maximum atomic E-state index is 12.0. The van der Waals surface area contributed by atoms with Crippen LogP contribution in [0.5, 0.6) is 0 Å². The summed E-state index contributed by atoms with van der Waals surface area (Å²) in [5.74, 6) is 0.204. The second-order valence-corrected chi connectivity index (χ2v) is 4.42. The number of nitrogens with one attached hydrogen (secondary N) is 2. The molecule has 106 valence electrons. The van der Waals surface area contributed by atoms with E-state index in [0.717, 1.165) is 0 Å². The summed E-state index contributed by atoms with van der Waals surface area (Å²) in [6.45, 7) is 0.348. The predicted molar refractivity (Wildman–Crippen MR) is 74.9 cm³/mol. The van der Waals surface area contributed by atoms with Crippen molar-refractivity contribution in [2.45, 2.75) is 6.42 Å². The van der Waals surface area contributed by atoms with Crippen molar-refractivity contribution in [3.05, 3.63) is 58.5 Å². The van der Waals surface area contributed by atoms with Crippen molar-refractivity contribution in [2.24, 2.45) is 0 Å². The Morgan fingerprint density at radius 1 is 1.33 bits per heavy atom. The Kier molecular flexibility index (Phi) is 3.46. The third-order valence-electron chi connectivity index (χ3n) is 3.00. The molecule has 2 N–H and O–H groups in total. The summed E-state index contributed by atoms with van der Waals surface area (Å²) >= 11 is 0. The van der Waals surface area contributed by atoms with Crippen molar-refractivity contribution in [1.82, 2.24) is 20.5 Å². The number of nitrogens with zero attached hydrogens (tertiary/aromatic N) is 2. The molecule has 0 aliphatic rings. The van der Waals surface area contributed by atoms with E-state index in [-0.39, 0.29) is 5.56 Å². The number of hydrogen-bond acceptors (Lipinski definition) is 5. The lowest BCUT2D eigenvalue weighted by atomic mass is 10.2. The van der Waals surface area contributed by atoms with Gasteiger partial charge in [-0.3, -0.25) is 9.89 Å². The first-order valence-electron chi connectivity index (χ1n) is 6.39. The summed E-state index contributed by atoms with van der Waals surface area (Å²) in [7, 11) is 0. The Labute approximate surface area is 119 Å². The Morgan fingerprint density at radius 2 is 2.19 bits per heavy atom. The van der Waals surface area contributed by atoms with Crippen LogP contribution in [0.15, 0.2) is 45.9 Å². The largest absolute Gasteiger partial charge is 0.422 e. The van der Waals surface area contributed by atoms with E-state index in [4.69, 9.17) is 4.42 Å². The SMILES string of the molecule is O=C(NCCc1ncn[nH]1)c1cc2ccccc2oc1=O. The maximum absolute atomic E-state index is 12.0. The van der Waals surface area contributed by atoms with Crippen molar-refractivity contribution in [3.63, 3.8) is 0 Å². The lowest BCUT2D eigenvalue weighted by Crippen LogP contribution is -2.30. The molecule has 1 amide bonds. The van der Waals surface area contributed by atoms with Gasteiger partial charge in [0.25, 0.3) is 5.91 Å². The number of amides is 1. The van der Waals surface area contributed by atoms with Crippen LogP contribution in [0.2, 0.25) is 0 Å². The number of benzene rings is 1. The summed E-state index contributed by atoms with van der Waals surface area (Å²) in [4.78, 5) is 27.8. The Morgan fingerprint density at radius 3 is 3.00 bits per heavy atom. The molecule has 0 saturated heterocycles. The van der Waals surface area contributed by atoms with Gasteiger partial charge in [0, 0.05) is 18.4 Å². The first kappa shape index (κ1) is 13.0.